The average Bonchev–Trinajstić information content (AvgIpc) is 1.79. The van der Waals surface area contributed by atoms with Crippen molar-refractivity contribution in [3.05, 3.63) is 0 Å². The van der Waals surface area contributed by atoms with Crippen molar-refractivity contribution < 1.29 is 9.44 Å². The van der Waals surface area contributed by atoms with Gasteiger partial charge < -0.3 is 4.74 Å². The van der Waals surface area contributed by atoms with E-state index in [0.717, 1.165) is 0 Å². The molecule has 1 rings (SSSR count). The van der Waals surface area contributed by atoms with Gasteiger partial charge in [0.25, 0.3) is 0 Å². The lowest BCUT2D eigenvalue weighted by Crippen LogP contribution is -1.69. The number of epoxide rings is 1. The van der Waals surface area contributed by atoms with Crippen LogP contribution in [0.15, 0.2) is 0 Å². The summed E-state index contributed by atoms with van der Waals surface area (Å²) in [6, 6.07) is 0. The van der Waals surface area contributed by atoms with Crippen molar-refractivity contribution >= 4 is 11.6 Å². The molecule has 2 atom stereocenters. The summed E-state index contributed by atoms with van der Waals surface area (Å²) in [4.78, 5) is 0. The second-order valence-corrected chi connectivity index (χ2v) is 1.62. The van der Waals surface area contributed by atoms with Gasteiger partial charge in [0.15, 0.2) is 5.56 Å². The summed E-state index contributed by atoms with van der Waals surface area (Å²) in [5.74, 6) is 0. The second kappa shape index (κ2) is 1.76. The van der Waals surface area contributed by atoms with E-state index in [9.17, 15) is 0 Å². The SMILES string of the molecule is CC1OC1Cl.F. The molecule has 1 aliphatic rings. The Balaban J connectivity index is 0.000000250. The van der Waals surface area contributed by atoms with Gasteiger partial charge in [-0.15, -0.1) is 0 Å². The smallest absolute Gasteiger partial charge is 0.157 e. The zero-order valence-electron chi connectivity index (χ0n) is 3.35. The van der Waals surface area contributed by atoms with Crippen LogP contribution in [0.3, 0.4) is 0 Å². The molecule has 0 aromatic heterocycles. The molecular formula is C3H6ClFO. The average molecular weight is 113 g/mol. The van der Waals surface area contributed by atoms with Crippen molar-refractivity contribution in [2.24, 2.45) is 0 Å². The molecule has 0 aliphatic carbocycles. The van der Waals surface area contributed by atoms with Crippen LogP contribution in [0, 0.1) is 0 Å². The van der Waals surface area contributed by atoms with Crippen LogP contribution in [0.25, 0.3) is 0 Å². The Hall–Kier alpha value is 0.180. The number of halogens is 2. The Kier molecular flexibility index (Phi) is 1.81. The van der Waals surface area contributed by atoms with E-state index in [2.05, 4.69) is 4.74 Å². The van der Waals surface area contributed by atoms with Crippen LogP contribution in [-0.4, -0.2) is 11.7 Å². The monoisotopic (exact) mass is 112 g/mol. The van der Waals surface area contributed by atoms with E-state index in [1.54, 1.807) is 0 Å². The summed E-state index contributed by atoms with van der Waals surface area (Å²) in [6.45, 7) is 1.94. The maximum absolute atomic E-state index is 5.31. The molecule has 3 heteroatoms. The minimum atomic E-state index is 0. The standard InChI is InChI=1S/C3H5ClO.FH/c1-2-3(4)5-2;/h2-3H,1H3;1H. The normalized spacial score (nSPS) is 41.0. The third kappa shape index (κ3) is 1.11. The first-order valence-corrected chi connectivity index (χ1v) is 2.04. The van der Waals surface area contributed by atoms with Gasteiger partial charge in [-0.1, -0.05) is 11.6 Å². The first kappa shape index (κ1) is 6.18. The Morgan fingerprint density at radius 2 is 1.83 bits per heavy atom. The summed E-state index contributed by atoms with van der Waals surface area (Å²) in [6.07, 6.45) is 0.316. The lowest BCUT2D eigenvalue weighted by molar-refractivity contribution is 0.411. The van der Waals surface area contributed by atoms with Crippen molar-refractivity contribution in [1.82, 2.24) is 0 Å². The topological polar surface area (TPSA) is 12.5 Å². The Bertz CT molecular complexity index is 44.1. The van der Waals surface area contributed by atoms with Crippen molar-refractivity contribution in [3.8, 4) is 0 Å². The Morgan fingerprint density at radius 1 is 1.67 bits per heavy atom. The molecule has 0 aromatic carbocycles. The Labute approximate surface area is 40.6 Å². The van der Waals surface area contributed by atoms with Gasteiger partial charge in [0.1, 0.15) is 0 Å². The molecule has 1 heterocycles. The van der Waals surface area contributed by atoms with Crippen LogP contribution in [0.1, 0.15) is 6.92 Å². The highest BCUT2D eigenvalue weighted by atomic mass is 35.5. The molecule has 0 aromatic rings. The molecule has 0 N–H and O–H groups in total. The van der Waals surface area contributed by atoms with E-state index in [1.807, 2.05) is 6.92 Å². The lowest BCUT2D eigenvalue weighted by Gasteiger charge is -1.55. The van der Waals surface area contributed by atoms with Gasteiger partial charge in [-0.3, -0.25) is 4.70 Å². The van der Waals surface area contributed by atoms with Crippen LogP contribution < -0.4 is 0 Å². The fraction of sp³-hybridized carbons (Fsp3) is 1.00. The number of rotatable bonds is 0. The highest BCUT2D eigenvalue weighted by Gasteiger charge is 2.30. The van der Waals surface area contributed by atoms with Gasteiger partial charge >= 0.3 is 0 Å². The number of hydrogen-bond acceptors (Lipinski definition) is 1. The number of ether oxygens (including phenoxy) is 1. The predicted molar refractivity (Wildman–Crippen MR) is 22.7 cm³/mol. The molecule has 1 nitrogen and oxygen atoms in total. The van der Waals surface area contributed by atoms with Crippen LogP contribution in [0.5, 0.6) is 0 Å². The molecule has 0 bridgehead atoms. The van der Waals surface area contributed by atoms with Gasteiger partial charge in [0.2, 0.25) is 0 Å². The van der Waals surface area contributed by atoms with Crippen LogP contribution in [0.4, 0.5) is 4.70 Å². The van der Waals surface area contributed by atoms with Gasteiger partial charge in [0.05, 0.1) is 6.10 Å². The summed E-state index contributed by atoms with van der Waals surface area (Å²) in [7, 11) is 0. The van der Waals surface area contributed by atoms with E-state index in [1.165, 1.54) is 0 Å². The zero-order valence-corrected chi connectivity index (χ0v) is 4.11. The van der Waals surface area contributed by atoms with Crippen molar-refractivity contribution in [2.45, 2.75) is 18.6 Å². The quantitative estimate of drug-likeness (QED) is 0.338. The summed E-state index contributed by atoms with van der Waals surface area (Å²) < 4.78 is 4.68. The molecular weight excluding hydrogens is 106 g/mol. The molecule has 1 saturated heterocycles. The predicted octanol–water partition coefficient (Wildman–Crippen LogP) is 1.12. The van der Waals surface area contributed by atoms with E-state index in [-0.39, 0.29) is 10.3 Å². The van der Waals surface area contributed by atoms with Crippen LogP contribution in [0.2, 0.25) is 0 Å². The van der Waals surface area contributed by atoms with Gasteiger partial charge in [-0.05, 0) is 6.92 Å². The van der Waals surface area contributed by atoms with E-state index < -0.39 is 0 Å². The van der Waals surface area contributed by atoms with E-state index >= 15 is 0 Å². The van der Waals surface area contributed by atoms with Crippen LogP contribution in [-0.2, 0) is 4.74 Å². The maximum Gasteiger partial charge on any atom is 0.157 e. The van der Waals surface area contributed by atoms with Gasteiger partial charge in [-0.2, -0.15) is 0 Å². The fourth-order valence-electron chi connectivity index (χ4n) is 0.160. The molecule has 1 aliphatic heterocycles. The third-order valence-corrected chi connectivity index (χ3v) is 1.09. The van der Waals surface area contributed by atoms with Gasteiger partial charge in [-0.25, -0.2) is 0 Å². The van der Waals surface area contributed by atoms with E-state index in [4.69, 9.17) is 11.6 Å². The second-order valence-electron chi connectivity index (χ2n) is 1.19. The van der Waals surface area contributed by atoms with Crippen molar-refractivity contribution in [3.63, 3.8) is 0 Å². The van der Waals surface area contributed by atoms with Gasteiger partial charge in [0, 0.05) is 0 Å². The molecule has 6 heavy (non-hydrogen) atoms. The molecule has 0 radical (unpaired) electrons. The largest absolute Gasteiger partial charge is 0.353 e. The van der Waals surface area contributed by atoms with Crippen LogP contribution >= 0.6 is 11.6 Å². The highest BCUT2D eigenvalue weighted by molar-refractivity contribution is 6.21. The molecule has 0 saturated carbocycles. The third-order valence-electron chi connectivity index (χ3n) is 0.637. The van der Waals surface area contributed by atoms with E-state index in [0.29, 0.717) is 6.10 Å². The fourth-order valence-corrected chi connectivity index (χ4v) is 0.322. The zero-order chi connectivity index (χ0) is 3.86. The molecule has 2 unspecified atom stereocenters. The summed E-state index contributed by atoms with van der Waals surface area (Å²) in [5.41, 5.74) is 0.0231. The molecule has 0 spiro atoms. The minimum Gasteiger partial charge on any atom is -0.353 e. The van der Waals surface area contributed by atoms with Crippen molar-refractivity contribution in [2.75, 3.05) is 0 Å². The Morgan fingerprint density at radius 3 is 1.83 bits per heavy atom. The number of alkyl halides is 1. The highest BCUT2D eigenvalue weighted by Crippen LogP contribution is 2.23. The molecule has 38 valence electrons. The molecule has 0 amide bonds. The minimum absolute atomic E-state index is 0. The first-order valence-electron chi connectivity index (χ1n) is 1.60. The maximum atomic E-state index is 5.31. The van der Waals surface area contributed by atoms with Crippen molar-refractivity contribution in [1.29, 1.82) is 0 Å². The first-order chi connectivity index (χ1) is 2.30. The molecule has 1 fully saturated rings. The number of hydrogen-bond donors (Lipinski definition) is 0. The summed E-state index contributed by atoms with van der Waals surface area (Å²) >= 11 is 5.31. The summed E-state index contributed by atoms with van der Waals surface area (Å²) in [5, 5.41) is 0. The lowest BCUT2D eigenvalue weighted by atomic mass is 10.6.